The van der Waals surface area contributed by atoms with E-state index >= 15 is 0 Å². The van der Waals surface area contributed by atoms with Gasteiger partial charge in [-0.15, -0.1) is 0 Å². The van der Waals surface area contributed by atoms with Crippen molar-refractivity contribution in [1.82, 2.24) is 0 Å². The van der Waals surface area contributed by atoms with E-state index in [2.05, 4.69) is 12.1 Å². The predicted octanol–water partition coefficient (Wildman–Crippen LogP) is 11.9. The second-order valence-corrected chi connectivity index (χ2v) is 14.2. The smallest absolute Gasteiger partial charge is 0.343 e. The topological polar surface area (TPSA) is 105 Å². The number of ketones is 2. The molecule has 302 valence electrons. The first-order valence-corrected chi connectivity index (χ1v) is 19.7. The van der Waals surface area contributed by atoms with Crippen LogP contribution in [-0.2, 0) is 0 Å². The quantitative estimate of drug-likeness (QED) is 0.0490. The molecule has 0 aromatic heterocycles. The minimum atomic E-state index is -0.525. The van der Waals surface area contributed by atoms with Crippen LogP contribution < -0.4 is 18.9 Å². The molecule has 8 rings (SSSR count). The Morgan fingerprint density at radius 3 is 1.08 bits per heavy atom. The third-order valence-electron chi connectivity index (χ3n) is 10.4. The minimum Gasteiger partial charge on any atom is -0.497 e. The van der Waals surface area contributed by atoms with Crippen LogP contribution >= 0.6 is 0 Å². The van der Waals surface area contributed by atoms with Crippen LogP contribution in [0.4, 0.5) is 0 Å². The molecule has 0 atom stereocenters. The van der Waals surface area contributed by atoms with Gasteiger partial charge in [0, 0.05) is 11.1 Å². The van der Waals surface area contributed by atoms with Gasteiger partial charge in [0.15, 0.2) is 11.6 Å². The maximum absolute atomic E-state index is 13.6. The predicted molar refractivity (Wildman–Crippen MR) is 242 cm³/mol. The highest BCUT2D eigenvalue weighted by Crippen LogP contribution is 2.40. The number of rotatable bonds is 13. The number of hydrogen-bond acceptors (Lipinski definition) is 8. The zero-order chi connectivity index (χ0) is 43.0. The molecular weight excluding hydrogens is 777 g/mol. The summed E-state index contributed by atoms with van der Waals surface area (Å²) in [5.74, 6) is 0.351. The van der Waals surface area contributed by atoms with Crippen LogP contribution in [0.5, 0.6) is 23.0 Å². The fourth-order valence-electron chi connectivity index (χ4n) is 7.10. The van der Waals surface area contributed by atoms with Crippen molar-refractivity contribution >= 4 is 57.2 Å². The first-order chi connectivity index (χ1) is 30.3. The Morgan fingerprint density at radius 2 is 0.710 bits per heavy atom. The number of fused-ring (bicyclic) bond motifs is 2. The van der Waals surface area contributed by atoms with Gasteiger partial charge in [-0.05, 0) is 153 Å². The summed E-state index contributed by atoms with van der Waals surface area (Å²) in [7, 11) is 3.10. The molecule has 0 aliphatic rings. The van der Waals surface area contributed by atoms with E-state index < -0.39 is 11.9 Å². The van der Waals surface area contributed by atoms with Crippen LogP contribution in [0.1, 0.15) is 52.6 Å². The van der Waals surface area contributed by atoms with Crippen LogP contribution in [0.2, 0.25) is 0 Å². The van der Waals surface area contributed by atoms with E-state index in [1.54, 1.807) is 111 Å². The summed E-state index contributed by atoms with van der Waals surface area (Å²) in [5, 5.41) is 3.97. The molecule has 0 fully saturated rings. The second kappa shape index (κ2) is 18.3. The van der Waals surface area contributed by atoms with E-state index in [-0.39, 0.29) is 11.6 Å². The lowest BCUT2D eigenvalue weighted by Crippen LogP contribution is -2.08. The van der Waals surface area contributed by atoms with Gasteiger partial charge in [-0.25, -0.2) is 9.59 Å². The Hall–Kier alpha value is -8.36. The molecule has 8 heteroatoms. The molecule has 0 saturated carbocycles. The van der Waals surface area contributed by atoms with Gasteiger partial charge in [0.1, 0.15) is 23.0 Å². The molecule has 0 aliphatic heterocycles. The van der Waals surface area contributed by atoms with Gasteiger partial charge >= 0.3 is 11.9 Å². The molecule has 0 N–H and O–H groups in total. The summed E-state index contributed by atoms with van der Waals surface area (Å²) in [6.45, 7) is 0. The lowest BCUT2D eigenvalue weighted by Gasteiger charge is -2.17. The van der Waals surface area contributed by atoms with Gasteiger partial charge in [-0.3, -0.25) is 9.59 Å². The molecule has 0 radical (unpaired) electrons. The molecule has 8 nitrogen and oxygen atoms in total. The number of hydrogen-bond donors (Lipinski definition) is 0. The highest BCUT2D eigenvalue weighted by molar-refractivity contribution is 6.14. The molecule has 0 spiro atoms. The Labute approximate surface area is 357 Å². The van der Waals surface area contributed by atoms with Crippen molar-refractivity contribution in [2.45, 2.75) is 0 Å². The third-order valence-corrected chi connectivity index (χ3v) is 10.4. The van der Waals surface area contributed by atoms with Gasteiger partial charge < -0.3 is 18.9 Å². The molecular formula is C54H38O8. The Morgan fingerprint density at radius 1 is 0.371 bits per heavy atom. The molecule has 0 amide bonds. The van der Waals surface area contributed by atoms with Gasteiger partial charge in [0.05, 0.1) is 25.3 Å². The van der Waals surface area contributed by atoms with Crippen LogP contribution in [0.3, 0.4) is 0 Å². The summed E-state index contributed by atoms with van der Waals surface area (Å²) < 4.78 is 21.4. The molecule has 0 aliphatic carbocycles. The average molecular weight is 815 g/mol. The van der Waals surface area contributed by atoms with Crippen molar-refractivity contribution < 1.29 is 38.1 Å². The van der Waals surface area contributed by atoms with Crippen LogP contribution in [0.15, 0.2) is 182 Å². The van der Waals surface area contributed by atoms with Crippen LogP contribution in [0, 0.1) is 0 Å². The number of carbonyl (C=O) groups excluding carboxylic acids is 4. The maximum atomic E-state index is 13.6. The summed E-state index contributed by atoms with van der Waals surface area (Å²) in [6.07, 6.45) is 6.69. The van der Waals surface area contributed by atoms with Crippen molar-refractivity contribution in [3.8, 4) is 34.1 Å². The standard InChI is InChI=1S/C54H38O8/c1-59-43-25-19-41(20-26-43)53(57)61-45-29-15-37(16-30-45)49(55)33-23-39-13-11-35-7-3-5-9-47(35)51(39)52-40(14-12-36-8-4-6-10-48(36)52)24-34-50(56)38-17-31-46(32-18-38)62-54(58)42-21-27-44(60-2)28-22-42/h3-34H,1-2H3/b33-23+,34-24+. The molecule has 0 saturated heterocycles. The monoisotopic (exact) mass is 814 g/mol. The molecule has 8 aromatic carbocycles. The number of carbonyl (C=O) groups is 4. The fraction of sp³-hybridized carbons (Fsp3) is 0.0370. The highest BCUT2D eigenvalue weighted by Gasteiger charge is 2.17. The van der Waals surface area contributed by atoms with Gasteiger partial charge in [0.25, 0.3) is 0 Å². The lowest BCUT2D eigenvalue weighted by molar-refractivity contribution is 0.0725. The summed E-state index contributed by atoms with van der Waals surface area (Å²) in [4.78, 5) is 52.6. The van der Waals surface area contributed by atoms with Crippen LogP contribution in [-0.4, -0.2) is 37.7 Å². The van der Waals surface area contributed by atoms with Crippen molar-refractivity contribution in [2.24, 2.45) is 0 Å². The van der Waals surface area contributed by atoms with E-state index in [9.17, 15) is 19.2 Å². The maximum Gasteiger partial charge on any atom is 0.343 e. The highest BCUT2D eigenvalue weighted by atomic mass is 16.5. The number of allylic oxidation sites excluding steroid dienone is 2. The third kappa shape index (κ3) is 8.95. The Balaban J connectivity index is 1.07. The lowest BCUT2D eigenvalue weighted by atomic mass is 9.86. The van der Waals surface area contributed by atoms with E-state index in [0.29, 0.717) is 45.3 Å². The van der Waals surface area contributed by atoms with Crippen LogP contribution in [0.25, 0.3) is 44.8 Å². The molecule has 0 unspecified atom stereocenters. The van der Waals surface area contributed by atoms with E-state index in [1.807, 2.05) is 72.8 Å². The summed E-state index contributed by atoms with van der Waals surface area (Å²) in [6, 6.07) is 50.2. The fourth-order valence-corrected chi connectivity index (χ4v) is 7.10. The summed E-state index contributed by atoms with van der Waals surface area (Å²) in [5.41, 5.74) is 4.99. The van der Waals surface area contributed by atoms with Crippen molar-refractivity contribution in [3.63, 3.8) is 0 Å². The first-order valence-electron chi connectivity index (χ1n) is 19.7. The molecule has 62 heavy (non-hydrogen) atoms. The first kappa shape index (κ1) is 40.4. The van der Waals surface area contributed by atoms with Gasteiger partial charge in [0.2, 0.25) is 0 Å². The zero-order valence-electron chi connectivity index (χ0n) is 33.7. The zero-order valence-corrected chi connectivity index (χ0v) is 33.7. The Kier molecular flexibility index (Phi) is 11.9. The number of benzene rings is 8. The number of ether oxygens (including phenoxy) is 4. The van der Waals surface area contributed by atoms with E-state index in [0.717, 1.165) is 43.8 Å². The normalized spacial score (nSPS) is 11.2. The molecule has 0 bridgehead atoms. The van der Waals surface area contributed by atoms with Gasteiger partial charge in [-0.2, -0.15) is 0 Å². The average Bonchev–Trinajstić information content (AvgIpc) is 3.32. The Bertz CT molecular complexity index is 2810. The largest absolute Gasteiger partial charge is 0.497 e. The summed E-state index contributed by atoms with van der Waals surface area (Å²) >= 11 is 0. The van der Waals surface area contributed by atoms with Crippen molar-refractivity contribution in [2.75, 3.05) is 14.2 Å². The SMILES string of the molecule is COc1ccc(C(=O)Oc2ccc(C(=O)/C=C/c3ccc4ccccc4c3-c3c(/C=C/C(=O)c4ccc(OC(=O)c5ccc(OC)cc5)cc4)ccc4ccccc34)cc2)cc1. The number of esters is 2. The van der Waals surface area contributed by atoms with Crippen molar-refractivity contribution in [1.29, 1.82) is 0 Å². The minimum absolute atomic E-state index is 0.234. The number of methoxy groups -OCH3 is 2. The molecule has 8 aromatic rings. The molecule has 0 heterocycles. The second-order valence-electron chi connectivity index (χ2n) is 14.2. The van der Waals surface area contributed by atoms with E-state index in [1.165, 1.54) is 12.2 Å². The van der Waals surface area contributed by atoms with E-state index in [4.69, 9.17) is 18.9 Å². The van der Waals surface area contributed by atoms with Crippen molar-refractivity contribution in [3.05, 3.63) is 215 Å². The van der Waals surface area contributed by atoms with Gasteiger partial charge in [-0.1, -0.05) is 84.9 Å².